The maximum absolute atomic E-state index is 4.43. The highest BCUT2D eigenvalue weighted by atomic mass is 79.9. The summed E-state index contributed by atoms with van der Waals surface area (Å²) in [7, 11) is 1.98. The van der Waals surface area contributed by atoms with Crippen molar-refractivity contribution < 1.29 is 0 Å². The standard InChI is InChI=1S/C14H18BrN3/c1-9-5-12(15)7-13(6-9)16-8-14-10(2)17-18(4)11(14)3/h5-7,16H,8H2,1-4H3. The van der Waals surface area contributed by atoms with E-state index in [1.807, 2.05) is 11.7 Å². The first-order valence-corrected chi connectivity index (χ1v) is 6.77. The van der Waals surface area contributed by atoms with Crippen LogP contribution in [0.25, 0.3) is 0 Å². The second-order valence-electron chi connectivity index (χ2n) is 4.64. The number of anilines is 1. The first kappa shape index (κ1) is 13.1. The van der Waals surface area contributed by atoms with Crippen LogP contribution in [0.2, 0.25) is 0 Å². The molecule has 1 aromatic heterocycles. The zero-order valence-corrected chi connectivity index (χ0v) is 12.8. The number of hydrogen-bond acceptors (Lipinski definition) is 2. The number of aryl methyl sites for hydroxylation is 3. The van der Waals surface area contributed by atoms with Gasteiger partial charge in [-0.15, -0.1) is 0 Å². The van der Waals surface area contributed by atoms with Gasteiger partial charge in [0.05, 0.1) is 5.69 Å². The van der Waals surface area contributed by atoms with Crippen LogP contribution >= 0.6 is 15.9 Å². The van der Waals surface area contributed by atoms with Crippen molar-refractivity contribution in [3.8, 4) is 0 Å². The van der Waals surface area contributed by atoms with Crippen LogP contribution in [0.4, 0.5) is 5.69 Å². The van der Waals surface area contributed by atoms with Crippen molar-refractivity contribution in [3.63, 3.8) is 0 Å². The van der Waals surface area contributed by atoms with E-state index in [1.54, 1.807) is 0 Å². The zero-order chi connectivity index (χ0) is 13.3. The van der Waals surface area contributed by atoms with Crippen LogP contribution < -0.4 is 5.32 Å². The summed E-state index contributed by atoms with van der Waals surface area (Å²) in [6.45, 7) is 7.05. The molecule has 1 N–H and O–H groups in total. The van der Waals surface area contributed by atoms with Crippen molar-refractivity contribution in [1.82, 2.24) is 9.78 Å². The number of benzene rings is 1. The molecule has 0 bridgehead atoms. The monoisotopic (exact) mass is 307 g/mol. The number of aromatic nitrogens is 2. The molecule has 2 aromatic rings. The van der Waals surface area contributed by atoms with Gasteiger partial charge in [-0.2, -0.15) is 5.10 Å². The Morgan fingerprint density at radius 2 is 1.94 bits per heavy atom. The lowest BCUT2D eigenvalue weighted by Crippen LogP contribution is -2.02. The van der Waals surface area contributed by atoms with Crippen LogP contribution in [0.5, 0.6) is 0 Å². The Bertz CT molecular complexity index is 552. The minimum atomic E-state index is 0.807. The molecule has 0 unspecified atom stereocenters. The van der Waals surface area contributed by atoms with Crippen LogP contribution in [0.1, 0.15) is 22.5 Å². The van der Waals surface area contributed by atoms with Gasteiger partial charge in [0, 0.05) is 35.0 Å². The summed E-state index contributed by atoms with van der Waals surface area (Å²) in [6.07, 6.45) is 0. The second-order valence-corrected chi connectivity index (χ2v) is 5.56. The Kier molecular flexibility index (Phi) is 3.76. The predicted molar refractivity (Wildman–Crippen MR) is 78.9 cm³/mol. The lowest BCUT2D eigenvalue weighted by Gasteiger charge is -2.08. The van der Waals surface area contributed by atoms with Crippen molar-refractivity contribution in [1.29, 1.82) is 0 Å². The smallest absolute Gasteiger partial charge is 0.0646 e. The van der Waals surface area contributed by atoms with E-state index < -0.39 is 0 Å². The molecule has 0 amide bonds. The van der Waals surface area contributed by atoms with Gasteiger partial charge in [0.15, 0.2) is 0 Å². The third-order valence-corrected chi connectivity index (χ3v) is 3.63. The van der Waals surface area contributed by atoms with Gasteiger partial charge in [-0.05, 0) is 44.5 Å². The molecule has 0 saturated heterocycles. The van der Waals surface area contributed by atoms with Gasteiger partial charge in [0.1, 0.15) is 0 Å². The highest BCUT2D eigenvalue weighted by molar-refractivity contribution is 9.10. The minimum absolute atomic E-state index is 0.807. The molecule has 96 valence electrons. The molecular formula is C14H18BrN3. The Morgan fingerprint density at radius 3 is 2.50 bits per heavy atom. The summed E-state index contributed by atoms with van der Waals surface area (Å²) in [5.74, 6) is 0. The summed E-state index contributed by atoms with van der Waals surface area (Å²) >= 11 is 3.52. The van der Waals surface area contributed by atoms with Crippen molar-refractivity contribution >= 4 is 21.6 Å². The van der Waals surface area contributed by atoms with E-state index in [0.29, 0.717) is 0 Å². The lowest BCUT2D eigenvalue weighted by atomic mass is 10.2. The molecule has 0 spiro atoms. The second kappa shape index (κ2) is 5.14. The first-order valence-electron chi connectivity index (χ1n) is 5.97. The molecule has 0 fully saturated rings. The van der Waals surface area contributed by atoms with Crippen molar-refractivity contribution in [2.75, 3.05) is 5.32 Å². The average molecular weight is 308 g/mol. The fourth-order valence-electron chi connectivity index (χ4n) is 2.10. The molecule has 2 rings (SSSR count). The van der Waals surface area contributed by atoms with Crippen LogP contribution in [0.15, 0.2) is 22.7 Å². The molecule has 3 nitrogen and oxygen atoms in total. The van der Waals surface area contributed by atoms with E-state index in [1.165, 1.54) is 16.8 Å². The number of hydrogen-bond donors (Lipinski definition) is 1. The molecule has 0 radical (unpaired) electrons. The minimum Gasteiger partial charge on any atom is -0.381 e. The fraction of sp³-hybridized carbons (Fsp3) is 0.357. The van der Waals surface area contributed by atoms with Crippen LogP contribution in [-0.2, 0) is 13.6 Å². The molecular weight excluding hydrogens is 290 g/mol. The SMILES string of the molecule is Cc1cc(Br)cc(NCc2c(C)nn(C)c2C)c1. The van der Waals surface area contributed by atoms with Crippen molar-refractivity contribution in [2.24, 2.45) is 7.05 Å². The van der Waals surface area contributed by atoms with E-state index >= 15 is 0 Å². The Hall–Kier alpha value is -1.29. The first-order chi connectivity index (χ1) is 8.47. The van der Waals surface area contributed by atoms with Crippen LogP contribution in [-0.4, -0.2) is 9.78 Å². The normalized spacial score (nSPS) is 10.7. The fourth-order valence-corrected chi connectivity index (χ4v) is 2.71. The van der Waals surface area contributed by atoms with E-state index in [0.717, 1.165) is 22.4 Å². The quantitative estimate of drug-likeness (QED) is 0.936. The lowest BCUT2D eigenvalue weighted by molar-refractivity contribution is 0.730. The van der Waals surface area contributed by atoms with Gasteiger partial charge in [-0.25, -0.2) is 0 Å². The molecule has 1 heterocycles. The van der Waals surface area contributed by atoms with Crippen molar-refractivity contribution in [2.45, 2.75) is 27.3 Å². The van der Waals surface area contributed by atoms with Gasteiger partial charge in [-0.3, -0.25) is 4.68 Å². The average Bonchev–Trinajstić information content (AvgIpc) is 2.50. The predicted octanol–water partition coefficient (Wildman–Crippen LogP) is 3.72. The number of nitrogens with one attached hydrogen (secondary N) is 1. The summed E-state index contributed by atoms with van der Waals surface area (Å²) < 4.78 is 3.03. The summed E-state index contributed by atoms with van der Waals surface area (Å²) in [4.78, 5) is 0. The highest BCUT2D eigenvalue weighted by Crippen LogP contribution is 2.20. The van der Waals surface area contributed by atoms with Crippen molar-refractivity contribution in [3.05, 3.63) is 45.2 Å². The Labute approximate surface area is 116 Å². The maximum atomic E-state index is 4.43. The van der Waals surface area contributed by atoms with Gasteiger partial charge in [0.2, 0.25) is 0 Å². The molecule has 4 heteroatoms. The molecule has 0 aliphatic heterocycles. The third-order valence-electron chi connectivity index (χ3n) is 3.17. The van der Waals surface area contributed by atoms with E-state index in [2.05, 4.69) is 65.3 Å². The molecule has 0 atom stereocenters. The number of rotatable bonds is 3. The maximum Gasteiger partial charge on any atom is 0.0646 e. The van der Waals surface area contributed by atoms with E-state index in [9.17, 15) is 0 Å². The highest BCUT2D eigenvalue weighted by Gasteiger charge is 2.08. The van der Waals surface area contributed by atoms with Gasteiger partial charge in [0.25, 0.3) is 0 Å². The van der Waals surface area contributed by atoms with Gasteiger partial charge in [-0.1, -0.05) is 15.9 Å². The zero-order valence-electron chi connectivity index (χ0n) is 11.2. The molecule has 0 aliphatic rings. The van der Waals surface area contributed by atoms with Crippen LogP contribution in [0.3, 0.4) is 0 Å². The number of halogens is 1. The molecule has 18 heavy (non-hydrogen) atoms. The van der Waals surface area contributed by atoms with Gasteiger partial charge < -0.3 is 5.32 Å². The summed E-state index contributed by atoms with van der Waals surface area (Å²) in [5.41, 5.74) is 5.95. The van der Waals surface area contributed by atoms with E-state index in [-0.39, 0.29) is 0 Å². The number of nitrogens with zero attached hydrogens (tertiary/aromatic N) is 2. The topological polar surface area (TPSA) is 29.9 Å². The Balaban J connectivity index is 2.16. The molecule has 0 aliphatic carbocycles. The third kappa shape index (κ3) is 2.75. The summed E-state index contributed by atoms with van der Waals surface area (Å²) in [6, 6.07) is 6.34. The molecule has 0 saturated carbocycles. The largest absolute Gasteiger partial charge is 0.381 e. The van der Waals surface area contributed by atoms with Gasteiger partial charge >= 0.3 is 0 Å². The molecule has 1 aromatic carbocycles. The van der Waals surface area contributed by atoms with E-state index in [4.69, 9.17) is 0 Å². The summed E-state index contributed by atoms with van der Waals surface area (Å²) in [5, 5.41) is 7.88. The van der Waals surface area contributed by atoms with Crippen LogP contribution in [0, 0.1) is 20.8 Å². The Morgan fingerprint density at radius 1 is 1.22 bits per heavy atom.